The predicted molar refractivity (Wildman–Crippen MR) is 105 cm³/mol. The molecular formula is C24H21F2NO2. The third-order valence-electron chi connectivity index (χ3n) is 5.88. The minimum absolute atomic E-state index is 0.349. The van der Waals surface area contributed by atoms with Crippen LogP contribution in [-0.4, -0.2) is 22.2 Å². The van der Waals surface area contributed by atoms with Crippen LogP contribution in [0.2, 0.25) is 0 Å². The Morgan fingerprint density at radius 1 is 0.759 bits per heavy atom. The molecule has 0 saturated carbocycles. The highest BCUT2D eigenvalue weighted by atomic mass is 19.2. The van der Waals surface area contributed by atoms with E-state index in [1.807, 2.05) is 60.7 Å². The molecule has 3 aromatic carbocycles. The molecule has 0 aliphatic carbocycles. The van der Waals surface area contributed by atoms with E-state index in [1.165, 1.54) is 6.07 Å². The SMILES string of the molecule is OC1C2OC(c3cc(F)c(F)cc32)C1N(Cc1ccccc1)Cc1ccccc1. The topological polar surface area (TPSA) is 32.7 Å². The number of nitrogens with zero attached hydrogens (tertiary/aromatic N) is 1. The summed E-state index contributed by atoms with van der Waals surface area (Å²) in [5, 5.41) is 11.0. The van der Waals surface area contributed by atoms with Crippen LogP contribution in [0, 0.1) is 11.6 Å². The largest absolute Gasteiger partial charge is 0.388 e. The van der Waals surface area contributed by atoms with Crippen molar-refractivity contribution in [3.8, 4) is 0 Å². The number of rotatable bonds is 5. The van der Waals surface area contributed by atoms with Crippen LogP contribution in [0.5, 0.6) is 0 Å². The third kappa shape index (κ3) is 3.25. The van der Waals surface area contributed by atoms with Crippen molar-refractivity contribution in [1.29, 1.82) is 0 Å². The molecule has 0 amide bonds. The Bertz CT molecular complexity index is 971. The molecule has 0 spiro atoms. The Labute approximate surface area is 168 Å². The summed E-state index contributed by atoms with van der Waals surface area (Å²) >= 11 is 0. The maximum atomic E-state index is 13.9. The van der Waals surface area contributed by atoms with Gasteiger partial charge in [-0.05, 0) is 34.4 Å². The minimum atomic E-state index is -0.908. The number of benzene rings is 3. The third-order valence-corrected chi connectivity index (χ3v) is 5.88. The molecule has 0 radical (unpaired) electrons. The molecule has 29 heavy (non-hydrogen) atoms. The second kappa shape index (κ2) is 7.34. The highest BCUT2D eigenvalue weighted by molar-refractivity contribution is 5.41. The van der Waals surface area contributed by atoms with Gasteiger partial charge in [0, 0.05) is 13.1 Å². The van der Waals surface area contributed by atoms with E-state index in [0.29, 0.717) is 24.2 Å². The van der Waals surface area contributed by atoms with E-state index in [4.69, 9.17) is 4.74 Å². The molecule has 1 N–H and O–H groups in total. The first-order chi connectivity index (χ1) is 14.1. The normalized spacial score (nSPS) is 24.8. The summed E-state index contributed by atoms with van der Waals surface area (Å²) in [6.07, 6.45) is -1.94. The number of aliphatic hydroxyl groups excluding tert-OH is 1. The number of ether oxygens (including phenoxy) is 1. The summed E-state index contributed by atoms with van der Waals surface area (Å²) in [5.41, 5.74) is 3.42. The fourth-order valence-corrected chi connectivity index (χ4v) is 4.57. The fourth-order valence-electron chi connectivity index (χ4n) is 4.57. The molecule has 5 heteroatoms. The van der Waals surface area contributed by atoms with E-state index in [-0.39, 0.29) is 6.04 Å². The van der Waals surface area contributed by atoms with Crippen molar-refractivity contribution in [2.45, 2.75) is 37.4 Å². The van der Waals surface area contributed by atoms with Crippen LogP contribution < -0.4 is 0 Å². The Kier molecular flexibility index (Phi) is 4.66. The maximum absolute atomic E-state index is 13.9. The van der Waals surface area contributed by atoms with Crippen molar-refractivity contribution in [3.63, 3.8) is 0 Å². The van der Waals surface area contributed by atoms with Gasteiger partial charge in [-0.3, -0.25) is 4.90 Å². The van der Waals surface area contributed by atoms with Crippen LogP contribution in [0.1, 0.15) is 34.5 Å². The second-order valence-corrected chi connectivity index (χ2v) is 7.73. The van der Waals surface area contributed by atoms with E-state index in [1.54, 1.807) is 0 Å². The number of halogens is 2. The van der Waals surface area contributed by atoms with Gasteiger partial charge in [0.25, 0.3) is 0 Å². The second-order valence-electron chi connectivity index (χ2n) is 7.73. The number of aliphatic hydroxyl groups is 1. The zero-order valence-corrected chi connectivity index (χ0v) is 15.7. The molecule has 2 aliphatic heterocycles. The van der Waals surface area contributed by atoms with Crippen LogP contribution in [0.15, 0.2) is 72.8 Å². The van der Waals surface area contributed by atoms with Crippen LogP contribution >= 0.6 is 0 Å². The van der Waals surface area contributed by atoms with Gasteiger partial charge >= 0.3 is 0 Å². The molecule has 1 fully saturated rings. The van der Waals surface area contributed by atoms with Crippen molar-refractivity contribution >= 4 is 0 Å². The lowest BCUT2D eigenvalue weighted by atomic mass is 9.84. The van der Waals surface area contributed by atoms with E-state index in [9.17, 15) is 13.9 Å². The molecule has 3 nitrogen and oxygen atoms in total. The first-order valence-corrected chi connectivity index (χ1v) is 9.76. The lowest BCUT2D eigenvalue weighted by Gasteiger charge is -2.36. The molecule has 4 atom stereocenters. The molecular weight excluding hydrogens is 372 g/mol. The van der Waals surface area contributed by atoms with Crippen molar-refractivity contribution in [2.24, 2.45) is 0 Å². The number of fused-ring (bicyclic) bond motifs is 5. The van der Waals surface area contributed by atoms with Gasteiger partial charge in [0.05, 0.1) is 6.04 Å². The van der Waals surface area contributed by atoms with E-state index in [2.05, 4.69) is 4.90 Å². The van der Waals surface area contributed by atoms with Gasteiger partial charge in [0.1, 0.15) is 18.3 Å². The molecule has 2 bridgehead atoms. The number of hydrogen-bond donors (Lipinski definition) is 1. The molecule has 2 heterocycles. The van der Waals surface area contributed by atoms with Gasteiger partial charge in [-0.25, -0.2) is 8.78 Å². The summed E-state index contributed by atoms with van der Waals surface area (Å²) in [7, 11) is 0. The summed E-state index contributed by atoms with van der Waals surface area (Å²) in [4.78, 5) is 2.17. The van der Waals surface area contributed by atoms with E-state index < -0.39 is 29.9 Å². The van der Waals surface area contributed by atoms with Crippen LogP contribution in [-0.2, 0) is 17.8 Å². The molecule has 0 aromatic heterocycles. The lowest BCUT2D eigenvalue weighted by molar-refractivity contribution is 0.0293. The van der Waals surface area contributed by atoms with Gasteiger partial charge in [-0.1, -0.05) is 60.7 Å². The molecule has 1 saturated heterocycles. The maximum Gasteiger partial charge on any atom is 0.159 e. The van der Waals surface area contributed by atoms with Crippen LogP contribution in [0.25, 0.3) is 0 Å². The van der Waals surface area contributed by atoms with Crippen molar-refractivity contribution in [3.05, 3.63) is 107 Å². The average molecular weight is 393 g/mol. The summed E-state index contributed by atoms with van der Waals surface area (Å²) in [5.74, 6) is -1.79. The van der Waals surface area contributed by atoms with Crippen LogP contribution in [0.3, 0.4) is 0 Å². The highest BCUT2D eigenvalue weighted by Crippen LogP contribution is 2.53. The molecule has 148 valence electrons. The Morgan fingerprint density at radius 2 is 1.24 bits per heavy atom. The minimum Gasteiger partial charge on any atom is -0.388 e. The monoisotopic (exact) mass is 393 g/mol. The first kappa shape index (κ1) is 18.4. The molecule has 5 rings (SSSR count). The first-order valence-electron chi connectivity index (χ1n) is 9.76. The van der Waals surface area contributed by atoms with E-state index >= 15 is 0 Å². The summed E-state index contributed by atoms with van der Waals surface area (Å²) in [6, 6.07) is 22.1. The fraction of sp³-hybridized carbons (Fsp3) is 0.250. The van der Waals surface area contributed by atoms with Crippen molar-refractivity contribution in [1.82, 2.24) is 4.90 Å². The van der Waals surface area contributed by atoms with Crippen molar-refractivity contribution < 1.29 is 18.6 Å². The predicted octanol–water partition coefficient (Wildman–Crippen LogP) is 4.52. The highest BCUT2D eigenvalue weighted by Gasteiger charge is 2.54. The zero-order chi connectivity index (χ0) is 20.0. The quantitative estimate of drug-likeness (QED) is 0.692. The average Bonchev–Trinajstić information content (AvgIpc) is 3.25. The van der Waals surface area contributed by atoms with Gasteiger partial charge in [-0.15, -0.1) is 0 Å². The Balaban J connectivity index is 1.51. The molecule has 2 aliphatic rings. The smallest absolute Gasteiger partial charge is 0.159 e. The van der Waals surface area contributed by atoms with Gasteiger partial charge in [0.2, 0.25) is 0 Å². The molecule has 3 aromatic rings. The number of hydrogen-bond acceptors (Lipinski definition) is 3. The van der Waals surface area contributed by atoms with Crippen LogP contribution in [0.4, 0.5) is 8.78 Å². The Morgan fingerprint density at radius 3 is 1.76 bits per heavy atom. The van der Waals surface area contributed by atoms with Crippen molar-refractivity contribution in [2.75, 3.05) is 0 Å². The van der Waals surface area contributed by atoms with E-state index in [0.717, 1.165) is 17.2 Å². The van der Waals surface area contributed by atoms with Gasteiger partial charge in [-0.2, -0.15) is 0 Å². The summed E-state index contributed by atoms with van der Waals surface area (Å²) in [6.45, 7) is 1.23. The lowest BCUT2D eigenvalue weighted by Crippen LogP contribution is -2.45. The zero-order valence-electron chi connectivity index (χ0n) is 15.7. The summed E-state index contributed by atoms with van der Waals surface area (Å²) < 4.78 is 33.7. The standard InChI is InChI=1S/C24H21F2NO2/c25-19-11-17-18(12-20(19)26)24-22(28)21(23(17)29-24)27(13-15-7-3-1-4-8-15)14-16-9-5-2-6-10-16/h1-12,21-24,28H,13-14H2. The molecule has 4 unspecified atom stereocenters. The van der Waals surface area contributed by atoms with Gasteiger partial charge < -0.3 is 9.84 Å². The van der Waals surface area contributed by atoms with Gasteiger partial charge in [0.15, 0.2) is 11.6 Å². The Hall–Kier alpha value is -2.60.